The zero-order valence-electron chi connectivity index (χ0n) is 22.7. The molecule has 238 valence electrons. The summed E-state index contributed by atoms with van der Waals surface area (Å²) in [5.74, 6) is -4.51. The molecular formula is C25H35F3GdN4O9. The topological polar surface area (TPSA) is 171 Å². The van der Waals surface area contributed by atoms with Crippen molar-refractivity contribution in [3.63, 3.8) is 0 Å². The van der Waals surface area contributed by atoms with Gasteiger partial charge in [-0.1, -0.05) is 12.1 Å². The van der Waals surface area contributed by atoms with Crippen LogP contribution in [0.3, 0.4) is 0 Å². The van der Waals surface area contributed by atoms with Crippen molar-refractivity contribution in [2.24, 2.45) is 0 Å². The minimum absolute atomic E-state index is 0. The number of hydrogen-bond acceptors (Lipinski definition) is 9. The van der Waals surface area contributed by atoms with Crippen LogP contribution < -0.4 is 4.74 Å². The van der Waals surface area contributed by atoms with E-state index in [0.29, 0.717) is 5.56 Å². The molecule has 13 nitrogen and oxygen atoms in total. The Balaban J connectivity index is 0.00000882. The smallest absolute Gasteiger partial charge is 0.422 e. The summed E-state index contributed by atoms with van der Waals surface area (Å²) in [6.45, 7) is -1.22. The monoisotopic (exact) mass is 750 g/mol. The van der Waals surface area contributed by atoms with Crippen LogP contribution in [0.15, 0.2) is 24.3 Å². The van der Waals surface area contributed by atoms with Crippen LogP contribution >= 0.6 is 0 Å². The molecule has 1 fully saturated rings. The Morgan fingerprint density at radius 2 is 1.10 bits per heavy atom. The van der Waals surface area contributed by atoms with E-state index in [1.54, 1.807) is 19.6 Å². The number of alkyl halides is 3. The Kier molecular flexibility index (Phi) is 16.7. The van der Waals surface area contributed by atoms with E-state index in [1.165, 1.54) is 24.3 Å². The van der Waals surface area contributed by atoms with Crippen molar-refractivity contribution >= 4 is 23.9 Å². The molecule has 1 atom stereocenters. The molecule has 1 saturated heterocycles. The van der Waals surface area contributed by atoms with Gasteiger partial charge >= 0.3 is 30.1 Å². The summed E-state index contributed by atoms with van der Waals surface area (Å²) in [5.41, 5.74) is 0.511. The number of aliphatic carboxylic acids is 4. The summed E-state index contributed by atoms with van der Waals surface area (Å²) >= 11 is 0. The Morgan fingerprint density at radius 1 is 0.714 bits per heavy atom. The number of hydrogen-bond donors (Lipinski definition) is 4. The van der Waals surface area contributed by atoms with Gasteiger partial charge in [-0.3, -0.25) is 38.8 Å². The van der Waals surface area contributed by atoms with Crippen LogP contribution in [0.2, 0.25) is 0 Å². The van der Waals surface area contributed by atoms with E-state index in [-0.39, 0.29) is 124 Å². The van der Waals surface area contributed by atoms with E-state index in [4.69, 9.17) is 4.74 Å². The van der Waals surface area contributed by atoms with E-state index in [1.807, 2.05) is 0 Å². The molecule has 1 aliphatic rings. The zero-order chi connectivity index (χ0) is 30.6. The SMILES string of the molecule is O=C(O)CN1CCN(CC(=O)O)CCN([C@H](Cc2ccc(OCC(F)(F)F)cc2)C(=O)O)CCN(CC(=O)O)CC1.[Gd]. The zero-order valence-corrected chi connectivity index (χ0v) is 25.0. The third-order valence-corrected chi connectivity index (χ3v) is 6.43. The second kappa shape index (κ2) is 18.5. The van der Waals surface area contributed by atoms with E-state index in [2.05, 4.69) is 0 Å². The van der Waals surface area contributed by atoms with Gasteiger partial charge in [0.1, 0.15) is 11.8 Å². The first-order valence-corrected chi connectivity index (χ1v) is 12.8. The molecule has 0 unspecified atom stereocenters. The number of rotatable bonds is 12. The van der Waals surface area contributed by atoms with Crippen LogP contribution in [0.25, 0.3) is 0 Å². The van der Waals surface area contributed by atoms with Gasteiger partial charge in [0, 0.05) is 92.3 Å². The first-order chi connectivity index (χ1) is 19.2. The molecule has 2 rings (SSSR count). The summed E-state index contributed by atoms with van der Waals surface area (Å²) in [6.07, 6.45) is -4.54. The normalized spacial score (nSPS) is 17.7. The van der Waals surface area contributed by atoms with Crippen molar-refractivity contribution in [2.75, 3.05) is 78.6 Å². The standard InChI is InChI=1S/C25H35F3N4O9.Gd/c26-25(27,28)17-41-19-3-1-18(2-4-19)13-20(24(39)40)32-11-9-30(15-22(35)36)7-5-29(14-21(33)34)6-8-31(10-12-32)16-23(37)38;/h1-4,20H,5-17H2,(H,33,34)(H,35,36)(H,37,38)(H,39,40);/t20-;/m1./s1. The van der Waals surface area contributed by atoms with Crippen LogP contribution in [0.4, 0.5) is 13.2 Å². The van der Waals surface area contributed by atoms with Crippen LogP contribution in [0.5, 0.6) is 5.75 Å². The molecule has 1 aromatic carbocycles. The van der Waals surface area contributed by atoms with Crippen LogP contribution in [0, 0.1) is 39.9 Å². The first kappa shape index (κ1) is 37.9. The maximum atomic E-state index is 12.4. The summed E-state index contributed by atoms with van der Waals surface area (Å²) in [7, 11) is 0. The minimum atomic E-state index is -4.51. The number of carboxylic acids is 4. The fourth-order valence-electron chi connectivity index (χ4n) is 4.40. The van der Waals surface area contributed by atoms with Gasteiger partial charge in [0.15, 0.2) is 6.61 Å². The van der Waals surface area contributed by atoms with E-state index < -0.39 is 42.7 Å². The fourth-order valence-corrected chi connectivity index (χ4v) is 4.40. The molecule has 0 bridgehead atoms. The van der Waals surface area contributed by atoms with Crippen LogP contribution in [-0.2, 0) is 25.6 Å². The van der Waals surface area contributed by atoms with E-state index in [0.717, 1.165) is 0 Å². The maximum absolute atomic E-state index is 12.4. The number of halogens is 3. The Bertz CT molecular complexity index is 1000. The van der Waals surface area contributed by atoms with Gasteiger partial charge in [0.25, 0.3) is 0 Å². The third kappa shape index (κ3) is 15.4. The van der Waals surface area contributed by atoms with Gasteiger partial charge in [0.2, 0.25) is 0 Å². The number of nitrogens with zero attached hydrogens (tertiary/aromatic N) is 4. The van der Waals surface area contributed by atoms with Crippen LogP contribution in [0.1, 0.15) is 5.56 Å². The van der Waals surface area contributed by atoms with Crippen molar-refractivity contribution < 1.29 is 97.5 Å². The van der Waals surface area contributed by atoms with Crippen molar-refractivity contribution in [3.05, 3.63) is 29.8 Å². The molecule has 42 heavy (non-hydrogen) atoms. The molecule has 0 radical (unpaired) electrons. The van der Waals surface area contributed by atoms with Crippen molar-refractivity contribution in [3.8, 4) is 5.75 Å². The maximum Gasteiger partial charge on any atom is 0.422 e. The average Bonchev–Trinajstić information content (AvgIpc) is 2.85. The summed E-state index contributed by atoms with van der Waals surface area (Å²) in [4.78, 5) is 52.9. The second-order valence-corrected chi connectivity index (χ2v) is 9.65. The van der Waals surface area contributed by atoms with Gasteiger partial charge < -0.3 is 25.2 Å². The summed E-state index contributed by atoms with van der Waals surface area (Å²) in [6, 6.07) is 4.43. The molecular weight excluding hydrogens is 715 g/mol. The molecule has 0 amide bonds. The molecule has 0 spiro atoms. The molecule has 17 heteroatoms. The van der Waals surface area contributed by atoms with Gasteiger partial charge in [-0.2, -0.15) is 13.2 Å². The number of carboxylic acid groups (broad SMARTS) is 4. The first-order valence-electron chi connectivity index (χ1n) is 12.8. The minimum Gasteiger partial charge on any atom is -0.484 e. The predicted octanol–water partition coefficient (Wildman–Crippen LogP) is 0.0988. The van der Waals surface area contributed by atoms with Gasteiger partial charge in [-0.15, -0.1) is 0 Å². The molecule has 0 aromatic heterocycles. The quantitative estimate of drug-likeness (QED) is 0.227. The van der Waals surface area contributed by atoms with Crippen molar-refractivity contribution in [2.45, 2.75) is 18.6 Å². The van der Waals surface area contributed by atoms with Crippen molar-refractivity contribution in [1.82, 2.24) is 19.6 Å². The third-order valence-electron chi connectivity index (χ3n) is 6.43. The van der Waals surface area contributed by atoms with E-state index >= 15 is 0 Å². The Hall–Kier alpha value is -2.15. The number of ether oxygens (including phenoxy) is 1. The Labute approximate surface area is 272 Å². The summed E-state index contributed by atoms with van der Waals surface area (Å²) < 4.78 is 42.0. The van der Waals surface area contributed by atoms with Gasteiger partial charge in [0.05, 0.1) is 19.6 Å². The van der Waals surface area contributed by atoms with Crippen LogP contribution in [-0.4, -0.2) is 155 Å². The molecule has 1 heterocycles. The fraction of sp³-hybridized carbons (Fsp3) is 0.600. The predicted molar refractivity (Wildman–Crippen MR) is 137 cm³/mol. The largest absolute Gasteiger partial charge is 0.484 e. The molecule has 0 aliphatic carbocycles. The number of benzene rings is 1. The second-order valence-electron chi connectivity index (χ2n) is 9.65. The van der Waals surface area contributed by atoms with Gasteiger partial charge in [-0.05, 0) is 24.1 Å². The van der Waals surface area contributed by atoms with E-state index in [9.17, 15) is 52.8 Å². The molecule has 0 saturated carbocycles. The molecule has 4 N–H and O–H groups in total. The molecule has 1 aliphatic heterocycles. The Morgan fingerprint density at radius 3 is 1.43 bits per heavy atom. The van der Waals surface area contributed by atoms with Gasteiger partial charge in [-0.25, -0.2) is 0 Å². The molecule has 1 aromatic rings. The summed E-state index contributed by atoms with van der Waals surface area (Å²) in [5, 5.41) is 38.0. The van der Waals surface area contributed by atoms with Crippen molar-refractivity contribution in [1.29, 1.82) is 0 Å². The number of carbonyl (C=O) groups is 4. The average molecular weight is 750 g/mol.